The van der Waals surface area contributed by atoms with E-state index in [1.165, 1.54) is 6.39 Å². The van der Waals surface area contributed by atoms with Crippen LogP contribution in [0.15, 0.2) is 29.3 Å². The quantitative estimate of drug-likeness (QED) is 0.834. The molecule has 0 N–H and O–H groups in total. The van der Waals surface area contributed by atoms with Crippen LogP contribution in [0.25, 0.3) is 0 Å². The number of likely N-dealkylation sites (N-methyl/N-ethyl adjacent to an activating group) is 1. The number of nitrogens with zero attached hydrogens (tertiary/aromatic N) is 5. The number of piperidine rings is 1. The fourth-order valence-electron chi connectivity index (χ4n) is 3.21. The average Bonchev–Trinajstić information content (AvgIpc) is 3.25. The van der Waals surface area contributed by atoms with Crippen molar-refractivity contribution < 1.29 is 14.0 Å². The third-order valence-electron chi connectivity index (χ3n) is 4.56. The van der Waals surface area contributed by atoms with Crippen molar-refractivity contribution in [1.82, 2.24) is 24.6 Å². The predicted octanol–water partition coefficient (Wildman–Crippen LogP) is 0.899. The summed E-state index contributed by atoms with van der Waals surface area (Å²) in [5, 5.41) is 4.29. The first-order valence-electron chi connectivity index (χ1n) is 7.87. The lowest BCUT2D eigenvalue weighted by molar-refractivity contribution is -0.141. The summed E-state index contributed by atoms with van der Waals surface area (Å²) in [6.07, 6.45) is 5.75. The molecule has 0 aliphatic carbocycles. The van der Waals surface area contributed by atoms with Crippen molar-refractivity contribution >= 4 is 11.8 Å². The smallest absolute Gasteiger partial charge is 0.291 e. The Kier molecular flexibility index (Phi) is 4.13. The standard InChI is InChI=1S/C16H21N5O3/c1-12-13(24-11-17-12)14(22)20-9-5-16(6-10-20,15(23)19(2)3)21-8-4-7-18-21/h4,7-8,11H,5-6,9-10H2,1-3H3. The molecule has 0 radical (unpaired) electrons. The van der Waals surface area contributed by atoms with Crippen molar-refractivity contribution in [3.8, 4) is 0 Å². The summed E-state index contributed by atoms with van der Waals surface area (Å²) in [6.45, 7) is 2.65. The van der Waals surface area contributed by atoms with Gasteiger partial charge in [-0.15, -0.1) is 0 Å². The van der Waals surface area contributed by atoms with Crippen LogP contribution in [-0.4, -0.2) is 63.6 Å². The molecule has 0 atom stereocenters. The third-order valence-corrected chi connectivity index (χ3v) is 4.56. The summed E-state index contributed by atoms with van der Waals surface area (Å²) in [5.41, 5.74) is -0.173. The Morgan fingerprint density at radius 1 is 1.29 bits per heavy atom. The molecule has 0 aromatic carbocycles. The van der Waals surface area contributed by atoms with Gasteiger partial charge in [0.25, 0.3) is 5.91 Å². The minimum absolute atomic E-state index is 0.00542. The highest BCUT2D eigenvalue weighted by atomic mass is 16.3. The molecule has 24 heavy (non-hydrogen) atoms. The first kappa shape index (κ1) is 16.2. The Bertz CT molecular complexity index is 727. The van der Waals surface area contributed by atoms with Crippen molar-refractivity contribution in [2.45, 2.75) is 25.3 Å². The number of carbonyl (C=O) groups excluding carboxylic acids is 2. The number of hydrogen-bond donors (Lipinski definition) is 0. The highest BCUT2D eigenvalue weighted by Crippen LogP contribution is 2.32. The van der Waals surface area contributed by atoms with Crippen molar-refractivity contribution in [2.75, 3.05) is 27.2 Å². The molecule has 0 bridgehead atoms. The number of aryl methyl sites for hydroxylation is 1. The third kappa shape index (κ3) is 2.57. The van der Waals surface area contributed by atoms with E-state index in [2.05, 4.69) is 10.1 Å². The van der Waals surface area contributed by atoms with Crippen LogP contribution < -0.4 is 0 Å². The summed E-state index contributed by atoms with van der Waals surface area (Å²) < 4.78 is 6.91. The van der Waals surface area contributed by atoms with Gasteiger partial charge in [-0.05, 0) is 25.8 Å². The van der Waals surface area contributed by atoms with E-state index in [9.17, 15) is 9.59 Å². The van der Waals surface area contributed by atoms with Crippen LogP contribution in [0.3, 0.4) is 0 Å². The summed E-state index contributed by atoms with van der Waals surface area (Å²) in [6, 6.07) is 1.81. The molecule has 2 amide bonds. The van der Waals surface area contributed by atoms with Gasteiger partial charge in [-0.1, -0.05) is 0 Å². The SMILES string of the molecule is Cc1ncoc1C(=O)N1CCC(C(=O)N(C)C)(n2cccn2)CC1. The minimum atomic E-state index is -0.750. The number of oxazole rings is 1. The van der Waals surface area contributed by atoms with E-state index in [0.29, 0.717) is 31.6 Å². The van der Waals surface area contributed by atoms with Crippen molar-refractivity contribution in [3.63, 3.8) is 0 Å². The topological polar surface area (TPSA) is 84.5 Å². The highest BCUT2D eigenvalue weighted by Gasteiger charge is 2.45. The zero-order valence-electron chi connectivity index (χ0n) is 14.1. The second-order valence-corrected chi connectivity index (χ2v) is 6.24. The maximum Gasteiger partial charge on any atom is 0.291 e. The summed E-state index contributed by atoms with van der Waals surface area (Å²) in [4.78, 5) is 32.6. The first-order chi connectivity index (χ1) is 11.5. The van der Waals surface area contributed by atoms with Gasteiger partial charge in [0.2, 0.25) is 11.7 Å². The van der Waals surface area contributed by atoms with Crippen LogP contribution in [0.2, 0.25) is 0 Å². The van der Waals surface area contributed by atoms with Crippen LogP contribution in [-0.2, 0) is 10.3 Å². The van der Waals surface area contributed by atoms with Gasteiger partial charge in [0, 0.05) is 39.6 Å². The van der Waals surface area contributed by atoms with E-state index in [0.717, 1.165) is 0 Å². The molecule has 8 heteroatoms. The van der Waals surface area contributed by atoms with Crippen LogP contribution in [0.1, 0.15) is 29.1 Å². The predicted molar refractivity (Wildman–Crippen MR) is 85.3 cm³/mol. The number of carbonyl (C=O) groups is 2. The molecule has 2 aromatic rings. The molecular formula is C16H21N5O3. The van der Waals surface area contributed by atoms with Crippen molar-refractivity contribution in [3.05, 3.63) is 36.3 Å². The van der Waals surface area contributed by atoms with Crippen LogP contribution in [0.4, 0.5) is 0 Å². The van der Waals surface area contributed by atoms with E-state index < -0.39 is 5.54 Å². The average molecular weight is 331 g/mol. The van der Waals surface area contributed by atoms with E-state index in [1.54, 1.807) is 54.0 Å². The molecule has 1 saturated heterocycles. The van der Waals surface area contributed by atoms with Crippen LogP contribution in [0, 0.1) is 6.92 Å². The Labute approximate surface area is 140 Å². The first-order valence-corrected chi connectivity index (χ1v) is 7.87. The molecule has 3 rings (SSSR count). The molecule has 128 valence electrons. The van der Waals surface area contributed by atoms with E-state index in [1.807, 2.05) is 0 Å². The second-order valence-electron chi connectivity index (χ2n) is 6.24. The lowest BCUT2D eigenvalue weighted by atomic mass is 9.86. The summed E-state index contributed by atoms with van der Waals surface area (Å²) in [7, 11) is 3.48. The van der Waals surface area contributed by atoms with Gasteiger partial charge >= 0.3 is 0 Å². The van der Waals surface area contributed by atoms with Gasteiger partial charge in [-0.2, -0.15) is 5.10 Å². The number of amides is 2. The molecule has 0 unspecified atom stereocenters. The van der Waals surface area contributed by atoms with Gasteiger partial charge in [0.15, 0.2) is 6.39 Å². The minimum Gasteiger partial charge on any atom is -0.438 e. The van der Waals surface area contributed by atoms with Crippen molar-refractivity contribution in [2.24, 2.45) is 0 Å². The molecule has 0 saturated carbocycles. The molecule has 1 fully saturated rings. The fourth-order valence-corrected chi connectivity index (χ4v) is 3.21. The van der Waals surface area contributed by atoms with E-state index in [-0.39, 0.29) is 17.6 Å². The second kappa shape index (κ2) is 6.10. The maximum absolute atomic E-state index is 12.8. The summed E-state index contributed by atoms with van der Waals surface area (Å²) in [5.74, 6) is 0.0750. The molecule has 2 aromatic heterocycles. The van der Waals surface area contributed by atoms with Gasteiger partial charge in [0.05, 0.1) is 5.69 Å². The van der Waals surface area contributed by atoms with Gasteiger partial charge in [0.1, 0.15) is 5.54 Å². The largest absolute Gasteiger partial charge is 0.438 e. The van der Waals surface area contributed by atoms with Crippen LogP contribution in [0.5, 0.6) is 0 Å². The number of rotatable bonds is 3. The molecular weight excluding hydrogens is 310 g/mol. The molecule has 3 heterocycles. The number of likely N-dealkylation sites (tertiary alicyclic amines) is 1. The fraction of sp³-hybridized carbons (Fsp3) is 0.500. The van der Waals surface area contributed by atoms with Gasteiger partial charge in [-0.3, -0.25) is 14.3 Å². The Morgan fingerprint density at radius 2 is 2.00 bits per heavy atom. The van der Waals surface area contributed by atoms with Gasteiger partial charge in [-0.25, -0.2) is 4.98 Å². The molecule has 8 nitrogen and oxygen atoms in total. The molecule has 1 aliphatic heterocycles. The van der Waals surface area contributed by atoms with E-state index >= 15 is 0 Å². The lowest BCUT2D eigenvalue weighted by Crippen LogP contribution is -2.55. The Morgan fingerprint density at radius 3 is 2.50 bits per heavy atom. The zero-order chi connectivity index (χ0) is 17.3. The van der Waals surface area contributed by atoms with Crippen molar-refractivity contribution in [1.29, 1.82) is 0 Å². The lowest BCUT2D eigenvalue weighted by Gasteiger charge is -2.41. The highest BCUT2D eigenvalue weighted by molar-refractivity contribution is 5.93. The number of aromatic nitrogens is 3. The summed E-state index contributed by atoms with van der Waals surface area (Å²) >= 11 is 0. The monoisotopic (exact) mass is 331 g/mol. The maximum atomic E-state index is 12.8. The number of hydrogen-bond acceptors (Lipinski definition) is 5. The zero-order valence-corrected chi connectivity index (χ0v) is 14.1. The van der Waals surface area contributed by atoms with E-state index in [4.69, 9.17) is 4.42 Å². The molecule has 0 spiro atoms. The normalized spacial score (nSPS) is 16.9. The molecule has 1 aliphatic rings. The van der Waals surface area contributed by atoms with Crippen LogP contribution >= 0.6 is 0 Å². The van der Waals surface area contributed by atoms with Gasteiger partial charge < -0.3 is 14.2 Å². The Hall–Kier alpha value is -2.64. The Balaban J connectivity index is 1.82.